The fourth-order valence-corrected chi connectivity index (χ4v) is 4.04. The van der Waals surface area contributed by atoms with E-state index in [1.165, 1.54) is 4.90 Å². The van der Waals surface area contributed by atoms with Gasteiger partial charge in [0, 0.05) is 23.6 Å². The Labute approximate surface area is 203 Å². The van der Waals surface area contributed by atoms with Crippen LogP contribution in [0.2, 0.25) is 0 Å². The maximum atomic E-state index is 13.2. The Morgan fingerprint density at radius 2 is 1.57 bits per heavy atom. The Hall–Kier alpha value is -4.26. The molecular weight excluding hydrogens is 444 g/mol. The van der Waals surface area contributed by atoms with Crippen LogP contribution in [0.15, 0.2) is 72.6 Å². The molecule has 0 saturated carbocycles. The van der Waals surface area contributed by atoms with Crippen molar-refractivity contribution in [2.24, 2.45) is 0 Å². The predicted octanol–water partition coefficient (Wildman–Crippen LogP) is 4.89. The fraction of sp³-hybridized carbons (Fsp3) is 0.214. The Balaban J connectivity index is 1.83. The van der Waals surface area contributed by atoms with Crippen LogP contribution in [0.3, 0.4) is 0 Å². The number of esters is 1. The highest BCUT2D eigenvalue weighted by Crippen LogP contribution is 2.42. The van der Waals surface area contributed by atoms with Crippen LogP contribution in [0, 0.1) is 13.8 Å². The molecule has 1 N–H and O–H groups in total. The predicted molar refractivity (Wildman–Crippen MR) is 132 cm³/mol. The highest BCUT2D eigenvalue weighted by atomic mass is 16.5. The van der Waals surface area contributed by atoms with Crippen molar-refractivity contribution >= 4 is 29.1 Å². The lowest BCUT2D eigenvalue weighted by molar-refractivity contribution is -0.132. The van der Waals surface area contributed by atoms with Gasteiger partial charge >= 0.3 is 5.97 Å². The zero-order chi connectivity index (χ0) is 25.3. The lowest BCUT2D eigenvalue weighted by atomic mass is 9.94. The number of aliphatic hydroxyl groups excluding tert-OH is 1. The first-order valence-corrected chi connectivity index (χ1v) is 11.3. The van der Waals surface area contributed by atoms with Gasteiger partial charge in [0.25, 0.3) is 11.7 Å². The zero-order valence-corrected chi connectivity index (χ0v) is 20.0. The van der Waals surface area contributed by atoms with Crippen LogP contribution in [0.1, 0.15) is 52.5 Å². The van der Waals surface area contributed by atoms with Crippen molar-refractivity contribution in [3.05, 3.63) is 100 Å². The van der Waals surface area contributed by atoms with Crippen molar-refractivity contribution in [3.8, 4) is 0 Å². The van der Waals surface area contributed by atoms with Crippen molar-refractivity contribution in [2.45, 2.75) is 39.8 Å². The van der Waals surface area contributed by atoms with E-state index >= 15 is 0 Å². The van der Waals surface area contributed by atoms with Gasteiger partial charge in [-0.25, -0.2) is 4.79 Å². The van der Waals surface area contributed by atoms with Crippen molar-refractivity contribution in [1.82, 2.24) is 4.98 Å². The number of hydrogen-bond acceptors (Lipinski definition) is 6. The molecule has 7 heteroatoms. The number of hydrogen-bond donors (Lipinski definition) is 1. The lowest BCUT2D eigenvalue weighted by Gasteiger charge is -2.25. The summed E-state index contributed by atoms with van der Waals surface area (Å²) in [5.41, 5.74) is 3.80. The number of rotatable bonds is 5. The quantitative estimate of drug-likeness (QED) is 0.247. The summed E-state index contributed by atoms with van der Waals surface area (Å²) in [5.74, 6) is -2.28. The van der Waals surface area contributed by atoms with Crippen LogP contribution in [0.4, 0.5) is 5.69 Å². The molecule has 4 rings (SSSR count). The Morgan fingerprint density at radius 3 is 2.17 bits per heavy atom. The third-order valence-corrected chi connectivity index (χ3v) is 5.97. The molecule has 1 fully saturated rings. The molecule has 3 aromatic rings. The second-order valence-electron chi connectivity index (χ2n) is 8.75. The largest absolute Gasteiger partial charge is 0.507 e. The van der Waals surface area contributed by atoms with E-state index < -0.39 is 23.7 Å². The van der Waals surface area contributed by atoms with Gasteiger partial charge in [0.2, 0.25) is 0 Å². The number of amides is 1. The monoisotopic (exact) mass is 470 g/mol. The van der Waals surface area contributed by atoms with Gasteiger partial charge in [-0.1, -0.05) is 12.1 Å². The molecule has 2 aromatic carbocycles. The number of nitrogens with zero attached hydrogens (tertiary/aromatic N) is 2. The van der Waals surface area contributed by atoms with Crippen LogP contribution in [0.5, 0.6) is 0 Å². The molecular formula is C28H26N2O5. The molecule has 0 bridgehead atoms. The second kappa shape index (κ2) is 9.54. The normalized spacial score (nSPS) is 17.2. The van der Waals surface area contributed by atoms with Crippen molar-refractivity contribution < 1.29 is 24.2 Å². The summed E-state index contributed by atoms with van der Waals surface area (Å²) in [7, 11) is 0. The van der Waals surface area contributed by atoms with Crippen LogP contribution in [0.25, 0.3) is 5.76 Å². The number of aromatic nitrogens is 1. The highest BCUT2D eigenvalue weighted by molar-refractivity contribution is 6.51. The van der Waals surface area contributed by atoms with Gasteiger partial charge in [-0.3, -0.25) is 19.5 Å². The van der Waals surface area contributed by atoms with E-state index in [1.54, 1.807) is 74.8 Å². The molecule has 35 heavy (non-hydrogen) atoms. The first kappa shape index (κ1) is 23.9. The second-order valence-corrected chi connectivity index (χ2v) is 8.75. The summed E-state index contributed by atoms with van der Waals surface area (Å²) in [6.45, 7) is 7.39. The van der Waals surface area contributed by atoms with E-state index in [4.69, 9.17) is 4.74 Å². The summed E-state index contributed by atoms with van der Waals surface area (Å²) in [4.78, 5) is 44.1. The van der Waals surface area contributed by atoms with Gasteiger partial charge in [0.05, 0.1) is 23.3 Å². The molecule has 0 spiro atoms. The van der Waals surface area contributed by atoms with Gasteiger partial charge in [0.1, 0.15) is 5.76 Å². The lowest BCUT2D eigenvalue weighted by Crippen LogP contribution is -2.29. The van der Waals surface area contributed by atoms with Crippen LogP contribution >= 0.6 is 0 Å². The number of Topliss-reactive ketones (excluding diaryl/α,β-unsaturated/α-hetero) is 1. The van der Waals surface area contributed by atoms with Crippen molar-refractivity contribution in [1.29, 1.82) is 0 Å². The summed E-state index contributed by atoms with van der Waals surface area (Å²) >= 11 is 0. The minimum atomic E-state index is -0.868. The Kier molecular flexibility index (Phi) is 6.51. The molecule has 1 atom stereocenters. The molecule has 1 unspecified atom stereocenters. The van der Waals surface area contributed by atoms with Crippen LogP contribution < -0.4 is 4.90 Å². The SMILES string of the molecule is Cc1ccc(/C(O)=C2/C(=O)C(=O)N(c3ccc(C(=O)OC(C)C)cc3)C2c2ccncc2)cc1C. The average molecular weight is 471 g/mol. The molecule has 7 nitrogen and oxygen atoms in total. The van der Waals surface area contributed by atoms with Gasteiger partial charge in [0.15, 0.2) is 0 Å². The van der Waals surface area contributed by atoms with E-state index in [0.29, 0.717) is 22.4 Å². The molecule has 0 aliphatic carbocycles. The van der Waals surface area contributed by atoms with Crippen LogP contribution in [-0.2, 0) is 14.3 Å². The van der Waals surface area contributed by atoms with E-state index in [1.807, 2.05) is 19.9 Å². The van der Waals surface area contributed by atoms with E-state index in [9.17, 15) is 19.5 Å². The third-order valence-electron chi connectivity index (χ3n) is 5.97. The highest BCUT2D eigenvalue weighted by Gasteiger charge is 2.47. The van der Waals surface area contributed by atoms with Gasteiger partial charge in [-0.15, -0.1) is 0 Å². The maximum absolute atomic E-state index is 13.2. The number of benzene rings is 2. The van der Waals surface area contributed by atoms with Gasteiger partial charge in [-0.2, -0.15) is 0 Å². The number of anilines is 1. The third kappa shape index (κ3) is 4.57. The number of carbonyl (C=O) groups excluding carboxylic acids is 3. The molecule has 1 aromatic heterocycles. The molecule has 1 aliphatic heterocycles. The fourth-order valence-electron chi connectivity index (χ4n) is 4.04. The van der Waals surface area contributed by atoms with Crippen molar-refractivity contribution in [2.75, 3.05) is 4.90 Å². The number of ketones is 1. The Bertz CT molecular complexity index is 1330. The molecule has 0 radical (unpaired) electrons. The van der Waals surface area contributed by atoms with E-state index in [-0.39, 0.29) is 17.4 Å². The Morgan fingerprint density at radius 1 is 0.943 bits per heavy atom. The smallest absolute Gasteiger partial charge is 0.338 e. The molecule has 1 amide bonds. The molecule has 1 saturated heterocycles. The van der Waals surface area contributed by atoms with E-state index in [0.717, 1.165) is 11.1 Å². The minimum Gasteiger partial charge on any atom is -0.507 e. The molecule has 2 heterocycles. The number of ether oxygens (including phenoxy) is 1. The van der Waals surface area contributed by atoms with E-state index in [2.05, 4.69) is 4.98 Å². The number of aliphatic hydroxyl groups is 1. The minimum absolute atomic E-state index is 0.00672. The molecule has 178 valence electrons. The maximum Gasteiger partial charge on any atom is 0.338 e. The van der Waals surface area contributed by atoms with Gasteiger partial charge in [-0.05, 0) is 86.8 Å². The first-order chi connectivity index (χ1) is 16.7. The summed E-state index contributed by atoms with van der Waals surface area (Å²) in [6.07, 6.45) is 2.87. The molecule has 1 aliphatic rings. The number of aryl methyl sites for hydroxylation is 2. The summed E-state index contributed by atoms with van der Waals surface area (Å²) in [5, 5.41) is 11.2. The van der Waals surface area contributed by atoms with Crippen LogP contribution in [-0.4, -0.2) is 33.9 Å². The summed E-state index contributed by atoms with van der Waals surface area (Å²) in [6, 6.07) is 14.2. The first-order valence-electron chi connectivity index (χ1n) is 11.3. The number of pyridine rings is 1. The zero-order valence-electron chi connectivity index (χ0n) is 20.0. The number of carbonyl (C=O) groups is 3. The van der Waals surface area contributed by atoms with Crippen molar-refractivity contribution in [3.63, 3.8) is 0 Å². The average Bonchev–Trinajstić information content (AvgIpc) is 3.11. The summed E-state index contributed by atoms with van der Waals surface area (Å²) < 4.78 is 5.22. The standard InChI is InChI=1S/C28H26N2O5/c1-16(2)35-28(34)20-7-9-22(10-8-20)30-24(19-11-13-29-14-12-19)23(26(32)27(30)33)25(31)21-6-5-17(3)18(4)15-21/h5-16,24,31H,1-4H3/b25-23-. The van der Waals surface area contributed by atoms with Gasteiger partial charge < -0.3 is 9.84 Å². The topological polar surface area (TPSA) is 96.8 Å².